The summed E-state index contributed by atoms with van der Waals surface area (Å²) in [4.78, 5) is 19.6. The third-order valence-electron chi connectivity index (χ3n) is 7.93. The van der Waals surface area contributed by atoms with Crippen molar-refractivity contribution in [3.05, 3.63) is 71.3 Å². The second-order valence-corrected chi connectivity index (χ2v) is 12.4. The Balaban J connectivity index is 1.16. The zero-order chi connectivity index (χ0) is 28.3. The summed E-state index contributed by atoms with van der Waals surface area (Å²) in [6.45, 7) is 5.49. The van der Waals surface area contributed by atoms with Crippen molar-refractivity contribution in [3.63, 3.8) is 0 Å². The Labute approximate surface area is 236 Å². The number of benzene rings is 2. The number of nitrogens with zero attached hydrogens (tertiary/aromatic N) is 4. The van der Waals surface area contributed by atoms with Crippen molar-refractivity contribution in [2.24, 2.45) is 0 Å². The topological polar surface area (TPSA) is 94.0 Å². The lowest BCUT2D eigenvalue weighted by molar-refractivity contribution is -0.137. The molecule has 40 heavy (non-hydrogen) atoms. The first-order valence-corrected chi connectivity index (χ1v) is 15.4. The molecule has 0 radical (unpaired) electrons. The van der Waals surface area contributed by atoms with E-state index >= 15 is 0 Å². The van der Waals surface area contributed by atoms with Gasteiger partial charge in [-0.05, 0) is 68.5 Å². The second-order valence-electron chi connectivity index (χ2n) is 10.6. The first-order chi connectivity index (χ1) is 19.3. The molecule has 2 aliphatic rings. The fraction of sp³-hybridized carbons (Fsp3) is 0.467. The summed E-state index contributed by atoms with van der Waals surface area (Å²) in [6.07, 6.45) is 5.69. The molecule has 9 nitrogen and oxygen atoms in total. The van der Waals surface area contributed by atoms with Crippen LogP contribution < -0.4 is 4.74 Å². The second kappa shape index (κ2) is 12.1. The third kappa shape index (κ3) is 5.80. The molecule has 0 bridgehead atoms. The number of imidazole rings is 1. The van der Waals surface area contributed by atoms with E-state index in [1.807, 2.05) is 50.5 Å². The predicted octanol–water partition coefficient (Wildman–Crippen LogP) is 4.03. The summed E-state index contributed by atoms with van der Waals surface area (Å²) in [5.41, 5.74) is 4.48. The first-order valence-electron chi connectivity index (χ1n) is 13.9. The van der Waals surface area contributed by atoms with Crippen LogP contribution in [0.2, 0.25) is 0 Å². The number of aromatic nitrogens is 2. The number of amides is 1. The van der Waals surface area contributed by atoms with E-state index in [4.69, 9.17) is 9.47 Å². The largest absolute Gasteiger partial charge is 0.497 e. The molecule has 1 amide bonds. The Morgan fingerprint density at radius 1 is 1.07 bits per heavy atom. The van der Waals surface area contributed by atoms with Gasteiger partial charge < -0.3 is 18.9 Å². The van der Waals surface area contributed by atoms with E-state index in [0.29, 0.717) is 54.4 Å². The smallest absolute Gasteiger partial charge is 0.248 e. The van der Waals surface area contributed by atoms with E-state index in [9.17, 15) is 13.2 Å². The van der Waals surface area contributed by atoms with Gasteiger partial charge in [-0.2, -0.15) is 4.31 Å². The highest BCUT2D eigenvalue weighted by Gasteiger charge is 2.35. The van der Waals surface area contributed by atoms with Crippen molar-refractivity contribution >= 4 is 15.9 Å². The first kappa shape index (κ1) is 28.3. The molecule has 0 aliphatic carbocycles. The standard InChI is InChI=1S/C30H38N4O5S/c1-22-17-26(38-3)18-23(2)30(22)40(36,37)34-14-8-7-11-25(34)13-16-39-20-29(35)32-15-12-28-27(19-32)31-21-33(28)24-9-5-4-6-10-24/h4-6,9-10,17-18,21,25H,7-8,11-16,19-20H2,1-3H3. The molecule has 1 aromatic heterocycles. The fourth-order valence-electron chi connectivity index (χ4n) is 5.93. The molecule has 3 aromatic rings. The van der Waals surface area contributed by atoms with Crippen LogP contribution >= 0.6 is 0 Å². The van der Waals surface area contributed by atoms with Crippen LogP contribution in [0.15, 0.2) is 53.7 Å². The lowest BCUT2D eigenvalue weighted by atomic mass is 10.0. The van der Waals surface area contributed by atoms with Gasteiger partial charge in [0.2, 0.25) is 15.9 Å². The minimum Gasteiger partial charge on any atom is -0.497 e. The third-order valence-corrected chi connectivity index (χ3v) is 10.2. The lowest BCUT2D eigenvalue weighted by Crippen LogP contribution is -2.44. The number of ether oxygens (including phenoxy) is 2. The molecule has 0 N–H and O–H groups in total. The number of sulfonamides is 1. The van der Waals surface area contributed by atoms with E-state index in [-0.39, 0.29) is 18.6 Å². The van der Waals surface area contributed by atoms with Crippen molar-refractivity contribution < 1.29 is 22.7 Å². The van der Waals surface area contributed by atoms with Crippen molar-refractivity contribution in [1.29, 1.82) is 0 Å². The predicted molar refractivity (Wildman–Crippen MR) is 152 cm³/mol. The molecule has 2 aromatic carbocycles. The van der Waals surface area contributed by atoms with Crippen LogP contribution in [-0.4, -0.2) is 72.5 Å². The highest BCUT2D eigenvalue weighted by Crippen LogP contribution is 2.32. The summed E-state index contributed by atoms with van der Waals surface area (Å²) in [5.74, 6) is 0.578. The molecular weight excluding hydrogens is 528 g/mol. The van der Waals surface area contributed by atoms with Gasteiger partial charge in [0, 0.05) is 43.5 Å². The molecule has 10 heteroatoms. The molecule has 3 heterocycles. The molecule has 2 aliphatic heterocycles. The molecule has 1 unspecified atom stereocenters. The average Bonchev–Trinajstić information content (AvgIpc) is 3.38. The van der Waals surface area contributed by atoms with Gasteiger partial charge in [-0.25, -0.2) is 13.4 Å². The van der Waals surface area contributed by atoms with Gasteiger partial charge in [0.15, 0.2) is 0 Å². The molecule has 0 spiro atoms. The van der Waals surface area contributed by atoms with Gasteiger partial charge >= 0.3 is 0 Å². The average molecular weight is 567 g/mol. The number of para-hydroxylation sites is 1. The monoisotopic (exact) mass is 566 g/mol. The number of carbonyl (C=O) groups is 1. The van der Waals surface area contributed by atoms with Gasteiger partial charge in [0.05, 0.1) is 30.6 Å². The Bertz CT molecular complexity index is 1430. The molecule has 1 atom stereocenters. The van der Waals surface area contributed by atoms with Crippen LogP contribution in [0.4, 0.5) is 0 Å². The molecule has 0 saturated carbocycles. The van der Waals surface area contributed by atoms with Gasteiger partial charge in [0.25, 0.3) is 0 Å². The van der Waals surface area contributed by atoms with Crippen LogP contribution in [0.3, 0.4) is 0 Å². The minimum absolute atomic E-state index is 0.0229. The summed E-state index contributed by atoms with van der Waals surface area (Å²) < 4.78 is 42.4. The Morgan fingerprint density at radius 3 is 2.55 bits per heavy atom. The van der Waals surface area contributed by atoms with Crippen molar-refractivity contribution in [2.45, 2.75) is 63.4 Å². The lowest BCUT2D eigenvalue weighted by Gasteiger charge is -2.35. The van der Waals surface area contributed by atoms with E-state index in [1.165, 1.54) is 0 Å². The minimum atomic E-state index is -3.68. The van der Waals surface area contributed by atoms with Crippen molar-refractivity contribution in [1.82, 2.24) is 18.8 Å². The number of aryl methyl sites for hydroxylation is 2. The van der Waals surface area contributed by atoms with E-state index in [1.54, 1.807) is 28.4 Å². The molecule has 5 rings (SSSR count). The maximum Gasteiger partial charge on any atom is 0.248 e. The zero-order valence-corrected chi connectivity index (χ0v) is 24.3. The van der Waals surface area contributed by atoms with Crippen LogP contribution in [0.1, 0.15) is 48.2 Å². The van der Waals surface area contributed by atoms with Gasteiger partial charge in [-0.15, -0.1) is 0 Å². The number of hydrogen-bond acceptors (Lipinski definition) is 6. The Kier molecular flexibility index (Phi) is 8.58. The van der Waals surface area contributed by atoms with E-state index < -0.39 is 10.0 Å². The fourth-order valence-corrected chi connectivity index (χ4v) is 8.07. The highest BCUT2D eigenvalue weighted by molar-refractivity contribution is 7.89. The summed E-state index contributed by atoms with van der Waals surface area (Å²) in [6, 6.07) is 13.5. The van der Waals surface area contributed by atoms with Crippen LogP contribution in [0.5, 0.6) is 5.75 Å². The van der Waals surface area contributed by atoms with E-state index in [2.05, 4.69) is 9.55 Å². The summed E-state index contributed by atoms with van der Waals surface area (Å²) in [5, 5.41) is 0. The Hall–Kier alpha value is -3.21. The van der Waals surface area contributed by atoms with E-state index in [0.717, 1.165) is 42.8 Å². The van der Waals surface area contributed by atoms with Crippen molar-refractivity contribution in [3.8, 4) is 11.4 Å². The number of fused-ring (bicyclic) bond motifs is 1. The molecule has 1 fully saturated rings. The maximum absolute atomic E-state index is 13.8. The number of hydrogen-bond donors (Lipinski definition) is 0. The normalized spacial score (nSPS) is 18.0. The number of rotatable bonds is 9. The maximum atomic E-state index is 13.8. The van der Waals surface area contributed by atoms with Crippen LogP contribution in [0.25, 0.3) is 5.69 Å². The Morgan fingerprint density at radius 2 is 1.82 bits per heavy atom. The molecule has 214 valence electrons. The SMILES string of the molecule is COc1cc(C)c(S(=O)(=O)N2CCCCC2CCOCC(=O)N2CCc3c(ncn3-c3ccccc3)C2)c(C)c1. The highest BCUT2D eigenvalue weighted by atomic mass is 32.2. The van der Waals surface area contributed by atoms with Gasteiger partial charge in [-0.3, -0.25) is 4.79 Å². The molecular formula is C30H38N4O5S. The number of methoxy groups -OCH3 is 1. The van der Waals surface area contributed by atoms with Gasteiger partial charge in [-0.1, -0.05) is 24.6 Å². The molecule has 1 saturated heterocycles. The number of piperidine rings is 1. The zero-order valence-electron chi connectivity index (χ0n) is 23.5. The number of carbonyl (C=O) groups excluding carboxylic acids is 1. The van der Waals surface area contributed by atoms with Crippen molar-refractivity contribution in [2.75, 3.05) is 33.4 Å². The van der Waals surface area contributed by atoms with Gasteiger partial charge in [0.1, 0.15) is 12.4 Å². The van der Waals surface area contributed by atoms with Crippen LogP contribution in [-0.2, 0) is 32.5 Å². The summed E-state index contributed by atoms with van der Waals surface area (Å²) in [7, 11) is -2.10. The quantitative estimate of drug-likeness (QED) is 0.363. The summed E-state index contributed by atoms with van der Waals surface area (Å²) >= 11 is 0. The van der Waals surface area contributed by atoms with Crippen LogP contribution in [0, 0.1) is 13.8 Å².